The molecule has 0 radical (unpaired) electrons. The second-order valence-electron chi connectivity index (χ2n) is 4.05. The number of carbonyl (C=O) groups excluding carboxylic acids is 1. The zero-order valence-corrected chi connectivity index (χ0v) is 10.9. The van der Waals surface area contributed by atoms with E-state index in [4.69, 9.17) is 9.47 Å². The third-order valence-corrected chi connectivity index (χ3v) is 2.55. The summed E-state index contributed by atoms with van der Waals surface area (Å²) in [7, 11) is 0. The van der Waals surface area contributed by atoms with Crippen molar-refractivity contribution in [3.05, 3.63) is 42.5 Å². The first kappa shape index (κ1) is 14.3. The van der Waals surface area contributed by atoms with E-state index in [1.165, 1.54) is 6.08 Å². The van der Waals surface area contributed by atoms with Gasteiger partial charge in [0, 0.05) is 6.08 Å². The minimum absolute atomic E-state index is 0.355. The molecule has 0 saturated carbocycles. The molecule has 0 amide bonds. The quantitative estimate of drug-likeness (QED) is 0.402. The average Bonchev–Trinajstić information content (AvgIpc) is 2.39. The van der Waals surface area contributed by atoms with Crippen molar-refractivity contribution in [3.8, 4) is 5.75 Å². The van der Waals surface area contributed by atoms with Crippen molar-refractivity contribution >= 4 is 5.97 Å². The van der Waals surface area contributed by atoms with Gasteiger partial charge in [0.25, 0.3) is 0 Å². The van der Waals surface area contributed by atoms with Crippen molar-refractivity contribution in [1.29, 1.82) is 0 Å². The summed E-state index contributed by atoms with van der Waals surface area (Å²) in [6, 6.07) is 7.97. The summed E-state index contributed by atoms with van der Waals surface area (Å²) < 4.78 is 10.5. The van der Waals surface area contributed by atoms with E-state index in [9.17, 15) is 4.79 Å². The second-order valence-corrected chi connectivity index (χ2v) is 4.05. The molecule has 98 valence electrons. The highest BCUT2D eigenvalue weighted by Crippen LogP contribution is 2.16. The molecule has 0 heterocycles. The lowest BCUT2D eigenvalue weighted by Crippen LogP contribution is -2.03. The van der Waals surface area contributed by atoms with Crippen molar-refractivity contribution < 1.29 is 14.3 Å². The third kappa shape index (κ3) is 5.53. The van der Waals surface area contributed by atoms with Gasteiger partial charge < -0.3 is 9.47 Å². The Kier molecular flexibility index (Phi) is 6.62. The van der Waals surface area contributed by atoms with E-state index in [1.807, 2.05) is 31.2 Å². The molecule has 3 nitrogen and oxygen atoms in total. The van der Waals surface area contributed by atoms with Gasteiger partial charge in [-0.05, 0) is 37.8 Å². The van der Waals surface area contributed by atoms with Gasteiger partial charge in [-0.1, -0.05) is 24.8 Å². The number of esters is 1. The van der Waals surface area contributed by atoms with Gasteiger partial charge in [-0.15, -0.1) is 0 Å². The van der Waals surface area contributed by atoms with Crippen molar-refractivity contribution in [2.75, 3.05) is 13.2 Å². The van der Waals surface area contributed by atoms with Gasteiger partial charge >= 0.3 is 5.97 Å². The molecule has 0 fully saturated rings. The van der Waals surface area contributed by atoms with Crippen LogP contribution in [0, 0.1) is 6.92 Å². The maximum atomic E-state index is 10.8. The lowest BCUT2D eigenvalue weighted by Gasteiger charge is -2.08. The first-order chi connectivity index (χ1) is 8.74. The molecule has 18 heavy (non-hydrogen) atoms. The fourth-order valence-corrected chi connectivity index (χ4v) is 1.51. The number of unbranched alkanes of at least 4 members (excludes halogenated alkanes) is 2. The van der Waals surface area contributed by atoms with Crippen molar-refractivity contribution in [2.45, 2.75) is 26.2 Å². The highest BCUT2D eigenvalue weighted by Gasteiger charge is 1.98. The summed E-state index contributed by atoms with van der Waals surface area (Å²) in [6.45, 7) is 6.52. The lowest BCUT2D eigenvalue weighted by molar-refractivity contribution is -0.137. The Hall–Kier alpha value is -1.77. The van der Waals surface area contributed by atoms with Gasteiger partial charge in [-0.3, -0.25) is 0 Å². The Morgan fingerprint density at radius 1 is 1.22 bits per heavy atom. The second kappa shape index (κ2) is 8.34. The number of benzene rings is 1. The van der Waals surface area contributed by atoms with Gasteiger partial charge in [0.05, 0.1) is 13.2 Å². The molecule has 0 atom stereocenters. The number of para-hydroxylation sites is 1. The Bertz CT molecular complexity index is 385. The van der Waals surface area contributed by atoms with E-state index in [0.29, 0.717) is 13.2 Å². The lowest BCUT2D eigenvalue weighted by atomic mass is 10.2. The molecule has 0 unspecified atom stereocenters. The van der Waals surface area contributed by atoms with Crippen LogP contribution in [0.3, 0.4) is 0 Å². The van der Waals surface area contributed by atoms with Crippen LogP contribution in [0.1, 0.15) is 24.8 Å². The van der Waals surface area contributed by atoms with Crippen LogP contribution in [0.2, 0.25) is 0 Å². The van der Waals surface area contributed by atoms with Crippen molar-refractivity contribution in [2.24, 2.45) is 0 Å². The Labute approximate surface area is 108 Å². The normalized spacial score (nSPS) is 9.83. The summed E-state index contributed by atoms with van der Waals surface area (Å²) in [5, 5.41) is 0. The minimum atomic E-state index is -0.355. The van der Waals surface area contributed by atoms with E-state index in [2.05, 4.69) is 6.58 Å². The van der Waals surface area contributed by atoms with E-state index < -0.39 is 0 Å². The van der Waals surface area contributed by atoms with Crippen LogP contribution in [0.25, 0.3) is 0 Å². The first-order valence-electron chi connectivity index (χ1n) is 6.21. The molecule has 0 bridgehead atoms. The Balaban J connectivity index is 2.04. The zero-order chi connectivity index (χ0) is 13.2. The van der Waals surface area contributed by atoms with Crippen LogP contribution in [0.4, 0.5) is 0 Å². The maximum absolute atomic E-state index is 10.8. The standard InChI is InChI=1S/C15H20O3/c1-3-15(16)18-12-8-4-7-11-17-14-10-6-5-9-13(14)2/h3,5-6,9-10H,1,4,7-8,11-12H2,2H3. The van der Waals surface area contributed by atoms with Crippen molar-refractivity contribution in [1.82, 2.24) is 0 Å². The molecule has 0 N–H and O–H groups in total. The molecule has 0 saturated heterocycles. The first-order valence-corrected chi connectivity index (χ1v) is 6.21. The number of carbonyl (C=O) groups is 1. The number of rotatable bonds is 8. The number of ether oxygens (including phenoxy) is 2. The van der Waals surface area contributed by atoms with Crippen molar-refractivity contribution in [3.63, 3.8) is 0 Å². The predicted molar refractivity (Wildman–Crippen MR) is 71.7 cm³/mol. The van der Waals surface area contributed by atoms with Gasteiger partial charge in [-0.2, -0.15) is 0 Å². The van der Waals surface area contributed by atoms with E-state index in [0.717, 1.165) is 30.6 Å². The largest absolute Gasteiger partial charge is 0.493 e. The van der Waals surface area contributed by atoms with Crippen LogP contribution >= 0.6 is 0 Å². The van der Waals surface area contributed by atoms with Gasteiger partial charge in [0.15, 0.2) is 0 Å². The topological polar surface area (TPSA) is 35.5 Å². The summed E-state index contributed by atoms with van der Waals surface area (Å²) >= 11 is 0. The van der Waals surface area contributed by atoms with Gasteiger partial charge in [-0.25, -0.2) is 4.79 Å². The predicted octanol–water partition coefficient (Wildman–Crippen LogP) is 3.27. The molecule has 1 aromatic rings. The highest BCUT2D eigenvalue weighted by atomic mass is 16.5. The minimum Gasteiger partial charge on any atom is -0.493 e. The molecule has 0 aliphatic heterocycles. The molecule has 0 aromatic heterocycles. The molecule has 3 heteroatoms. The van der Waals surface area contributed by atoms with Crippen LogP contribution < -0.4 is 4.74 Å². The summed E-state index contributed by atoms with van der Waals surface area (Å²) in [6.07, 6.45) is 3.98. The SMILES string of the molecule is C=CC(=O)OCCCCCOc1ccccc1C. The fraction of sp³-hybridized carbons (Fsp3) is 0.400. The number of hydrogen-bond donors (Lipinski definition) is 0. The molecular weight excluding hydrogens is 228 g/mol. The molecule has 0 aliphatic carbocycles. The van der Waals surface area contributed by atoms with Crippen LogP contribution in [-0.4, -0.2) is 19.2 Å². The fourth-order valence-electron chi connectivity index (χ4n) is 1.51. The molecule has 1 rings (SSSR count). The van der Waals surface area contributed by atoms with Gasteiger partial charge in [0.2, 0.25) is 0 Å². The van der Waals surface area contributed by atoms with Crippen LogP contribution in [0.15, 0.2) is 36.9 Å². The van der Waals surface area contributed by atoms with E-state index in [-0.39, 0.29) is 5.97 Å². The number of aryl methyl sites for hydroxylation is 1. The Morgan fingerprint density at radius 2 is 1.94 bits per heavy atom. The van der Waals surface area contributed by atoms with Gasteiger partial charge in [0.1, 0.15) is 5.75 Å². The van der Waals surface area contributed by atoms with E-state index in [1.54, 1.807) is 0 Å². The zero-order valence-electron chi connectivity index (χ0n) is 10.9. The monoisotopic (exact) mass is 248 g/mol. The summed E-state index contributed by atoms with van der Waals surface area (Å²) in [4.78, 5) is 10.8. The highest BCUT2D eigenvalue weighted by molar-refractivity contribution is 5.81. The smallest absolute Gasteiger partial charge is 0.330 e. The van der Waals surface area contributed by atoms with Crippen LogP contribution in [-0.2, 0) is 9.53 Å². The molecule has 1 aromatic carbocycles. The molecular formula is C15H20O3. The van der Waals surface area contributed by atoms with E-state index >= 15 is 0 Å². The number of hydrogen-bond acceptors (Lipinski definition) is 3. The summed E-state index contributed by atoms with van der Waals surface area (Å²) in [5.41, 5.74) is 1.15. The maximum Gasteiger partial charge on any atom is 0.330 e. The molecule has 0 spiro atoms. The van der Waals surface area contributed by atoms with Crippen LogP contribution in [0.5, 0.6) is 5.75 Å². The summed E-state index contributed by atoms with van der Waals surface area (Å²) in [5.74, 6) is 0.585. The third-order valence-electron chi connectivity index (χ3n) is 2.55. The Morgan fingerprint density at radius 3 is 2.67 bits per heavy atom. The molecule has 0 aliphatic rings. The average molecular weight is 248 g/mol.